The predicted octanol–water partition coefficient (Wildman–Crippen LogP) is 1.58. The van der Waals surface area contributed by atoms with E-state index in [1.165, 1.54) is 16.3 Å². The van der Waals surface area contributed by atoms with Crippen molar-refractivity contribution in [2.45, 2.75) is 37.8 Å². The van der Waals surface area contributed by atoms with E-state index in [1.54, 1.807) is 6.33 Å². The first-order chi connectivity index (χ1) is 14.3. The second-order valence-corrected chi connectivity index (χ2v) is 10.4. The number of carboxylic acid groups (broad SMARTS) is 1. The van der Waals surface area contributed by atoms with Crippen molar-refractivity contribution in [3.8, 4) is 0 Å². The molecule has 2 fully saturated rings. The lowest BCUT2D eigenvalue weighted by Gasteiger charge is -2.42. The molecular weight excluding hydrogens is 408 g/mol. The van der Waals surface area contributed by atoms with Gasteiger partial charge in [0.15, 0.2) is 0 Å². The van der Waals surface area contributed by atoms with Gasteiger partial charge in [0.1, 0.15) is 17.8 Å². The van der Waals surface area contributed by atoms with Gasteiger partial charge in [-0.05, 0) is 37.7 Å². The van der Waals surface area contributed by atoms with Crippen molar-refractivity contribution in [2.75, 3.05) is 37.8 Å². The molecule has 0 radical (unpaired) electrons. The molecule has 0 aromatic carbocycles. The van der Waals surface area contributed by atoms with Crippen molar-refractivity contribution in [1.29, 1.82) is 0 Å². The van der Waals surface area contributed by atoms with Gasteiger partial charge in [0.25, 0.3) is 0 Å². The maximum absolute atomic E-state index is 12.7. The molecule has 164 valence electrons. The Balaban J connectivity index is 1.31. The van der Waals surface area contributed by atoms with Gasteiger partial charge in [-0.2, -0.15) is 4.31 Å². The second-order valence-electron chi connectivity index (χ2n) is 8.37. The Bertz CT molecular complexity index is 1010. The number of rotatable bonds is 6. The number of carbonyl (C=O) groups is 1. The Morgan fingerprint density at radius 2 is 1.90 bits per heavy atom. The zero-order chi connectivity index (χ0) is 21.5. The first-order valence-electron chi connectivity index (χ1n) is 10.2. The molecule has 0 bridgehead atoms. The third-order valence-corrected chi connectivity index (χ3v) is 8.53. The predicted molar refractivity (Wildman–Crippen MR) is 113 cm³/mol. The standard InChI is InChI=1S/C19H28N6O4S/c1-23(18-16-7-8-20-17(16)21-12-22-18)14-5-3-13(4-6-14)11-30(28,29)25-9-15(10-25)24(2)19(26)27/h7-8,12-15H,3-6,9-11H2,1-2H3,(H,26,27)(H,20,21,22). The highest BCUT2D eigenvalue weighted by atomic mass is 32.2. The summed E-state index contributed by atoms with van der Waals surface area (Å²) in [6, 6.07) is 2.04. The van der Waals surface area contributed by atoms with Crippen molar-refractivity contribution >= 4 is 33.0 Å². The van der Waals surface area contributed by atoms with E-state index in [0.29, 0.717) is 6.04 Å². The topological polar surface area (TPSA) is 123 Å². The highest BCUT2D eigenvalue weighted by molar-refractivity contribution is 7.89. The zero-order valence-electron chi connectivity index (χ0n) is 17.2. The Morgan fingerprint density at radius 3 is 2.57 bits per heavy atom. The summed E-state index contributed by atoms with van der Waals surface area (Å²) in [5.41, 5.74) is 0.813. The molecule has 30 heavy (non-hydrogen) atoms. The largest absolute Gasteiger partial charge is 0.465 e. The monoisotopic (exact) mass is 436 g/mol. The third-order valence-electron chi connectivity index (χ3n) is 6.55. The van der Waals surface area contributed by atoms with Gasteiger partial charge in [0.05, 0.1) is 17.2 Å². The molecule has 0 atom stereocenters. The average Bonchev–Trinajstić information content (AvgIpc) is 3.15. The summed E-state index contributed by atoms with van der Waals surface area (Å²) in [7, 11) is 0.166. The minimum Gasteiger partial charge on any atom is -0.465 e. The van der Waals surface area contributed by atoms with Crippen molar-refractivity contribution in [3.63, 3.8) is 0 Å². The highest BCUT2D eigenvalue weighted by Crippen LogP contribution is 2.33. The molecule has 2 aromatic heterocycles. The summed E-state index contributed by atoms with van der Waals surface area (Å²) in [4.78, 5) is 26.2. The van der Waals surface area contributed by atoms with Gasteiger partial charge in [-0.3, -0.25) is 0 Å². The van der Waals surface area contributed by atoms with Crippen LogP contribution < -0.4 is 4.90 Å². The van der Waals surface area contributed by atoms with E-state index in [2.05, 4.69) is 19.9 Å². The van der Waals surface area contributed by atoms with Gasteiger partial charge in [0.2, 0.25) is 10.0 Å². The first-order valence-corrected chi connectivity index (χ1v) is 11.8. The molecule has 1 saturated heterocycles. The molecule has 1 amide bonds. The Kier molecular flexibility index (Phi) is 5.58. The SMILES string of the molecule is CN(C(=O)O)C1CN(S(=O)(=O)CC2CCC(N(C)c3ncnc4[nH]ccc34)CC2)C1. The van der Waals surface area contributed by atoms with E-state index in [9.17, 15) is 13.2 Å². The number of aromatic nitrogens is 3. The molecule has 0 spiro atoms. The van der Waals surface area contributed by atoms with Gasteiger partial charge in [0, 0.05) is 39.4 Å². The molecule has 1 saturated carbocycles. The van der Waals surface area contributed by atoms with Crippen LogP contribution in [0.15, 0.2) is 18.6 Å². The van der Waals surface area contributed by atoms with Crippen LogP contribution >= 0.6 is 0 Å². The Labute approximate surface area is 175 Å². The first kappa shape index (κ1) is 20.9. The lowest BCUT2D eigenvalue weighted by atomic mass is 9.86. The molecule has 10 nitrogen and oxygen atoms in total. The highest BCUT2D eigenvalue weighted by Gasteiger charge is 2.40. The number of nitrogens with zero attached hydrogens (tertiary/aromatic N) is 5. The Hall–Kier alpha value is -2.40. The number of aromatic amines is 1. The molecule has 2 N–H and O–H groups in total. The second kappa shape index (κ2) is 8.03. The van der Waals surface area contributed by atoms with Crippen molar-refractivity contribution in [3.05, 3.63) is 18.6 Å². The van der Waals surface area contributed by atoms with Crippen LogP contribution in [0.1, 0.15) is 25.7 Å². The molecule has 2 aromatic rings. The van der Waals surface area contributed by atoms with Crippen LogP contribution in [0.2, 0.25) is 0 Å². The Morgan fingerprint density at radius 1 is 1.20 bits per heavy atom. The van der Waals surface area contributed by atoms with Gasteiger partial charge >= 0.3 is 6.09 Å². The smallest absolute Gasteiger partial charge is 0.407 e. The fraction of sp³-hybridized carbons (Fsp3) is 0.632. The maximum atomic E-state index is 12.7. The van der Waals surface area contributed by atoms with Crippen LogP contribution in [-0.4, -0.2) is 88.8 Å². The van der Waals surface area contributed by atoms with E-state index < -0.39 is 16.1 Å². The van der Waals surface area contributed by atoms with E-state index in [0.717, 1.165) is 42.5 Å². The van der Waals surface area contributed by atoms with Crippen molar-refractivity contribution < 1.29 is 18.3 Å². The fourth-order valence-electron chi connectivity index (χ4n) is 4.46. The van der Waals surface area contributed by atoms with Crippen LogP contribution in [0.3, 0.4) is 0 Å². The van der Waals surface area contributed by atoms with E-state index >= 15 is 0 Å². The zero-order valence-corrected chi connectivity index (χ0v) is 18.0. The number of fused-ring (bicyclic) bond motifs is 1. The normalized spacial score (nSPS) is 23.3. The van der Waals surface area contributed by atoms with Crippen LogP contribution in [0, 0.1) is 5.92 Å². The molecule has 2 aliphatic rings. The number of hydrogen-bond donors (Lipinski definition) is 2. The molecule has 11 heteroatoms. The summed E-state index contributed by atoms with van der Waals surface area (Å²) in [6.07, 6.45) is 5.91. The number of sulfonamides is 1. The molecule has 3 heterocycles. The van der Waals surface area contributed by atoms with E-state index in [1.807, 2.05) is 19.3 Å². The van der Waals surface area contributed by atoms with E-state index in [-0.39, 0.29) is 30.8 Å². The molecule has 0 unspecified atom stereocenters. The van der Waals surface area contributed by atoms with Gasteiger partial charge < -0.3 is 19.9 Å². The lowest BCUT2D eigenvalue weighted by Crippen LogP contribution is -2.61. The number of amides is 1. The van der Waals surface area contributed by atoms with Gasteiger partial charge in [-0.25, -0.2) is 23.2 Å². The number of anilines is 1. The van der Waals surface area contributed by atoms with Gasteiger partial charge in [-0.1, -0.05) is 0 Å². The summed E-state index contributed by atoms with van der Waals surface area (Å²) < 4.78 is 26.8. The number of likely N-dealkylation sites (N-methyl/N-ethyl adjacent to an activating group) is 1. The molecular formula is C19H28N6O4S. The maximum Gasteiger partial charge on any atom is 0.407 e. The molecule has 4 rings (SSSR count). The van der Waals surface area contributed by atoms with Crippen LogP contribution in [0.25, 0.3) is 11.0 Å². The molecule has 1 aliphatic carbocycles. The average molecular weight is 437 g/mol. The van der Waals surface area contributed by atoms with Crippen molar-refractivity contribution in [1.82, 2.24) is 24.2 Å². The summed E-state index contributed by atoms with van der Waals surface area (Å²) >= 11 is 0. The van der Waals surface area contributed by atoms with Crippen LogP contribution in [0.4, 0.5) is 10.6 Å². The minimum atomic E-state index is -3.35. The summed E-state index contributed by atoms with van der Waals surface area (Å²) in [5.74, 6) is 1.17. The summed E-state index contributed by atoms with van der Waals surface area (Å²) in [6.45, 7) is 0.507. The van der Waals surface area contributed by atoms with Crippen LogP contribution in [0.5, 0.6) is 0 Å². The number of H-pyrrole nitrogens is 1. The molecule has 1 aliphatic heterocycles. The quantitative estimate of drug-likeness (QED) is 0.705. The number of hydrogen-bond acceptors (Lipinski definition) is 6. The van der Waals surface area contributed by atoms with Crippen molar-refractivity contribution in [2.24, 2.45) is 5.92 Å². The fourth-order valence-corrected chi connectivity index (χ4v) is 6.40. The lowest BCUT2D eigenvalue weighted by molar-refractivity contribution is 0.0917. The number of nitrogens with one attached hydrogen (secondary N) is 1. The van der Waals surface area contributed by atoms with E-state index in [4.69, 9.17) is 5.11 Å². The third kappa shape index (κ3) is 3.95. The summed E-state index contributed by atoms with van der Waals surface area (Å²) in [5, 5.41) is 10.00. The van der Waals surface area contributed by atoms with Crippen LogP contribution in [-0.2, 0) is 10.0 Å². The van der Waals surface area contributed by atoms with Gasteiger partial charge in [-0.15, -0.1) is 0 Å². The minimum absolute atomic E-state index is 0.133.